The monoisotopic (exact) mass is 366 g/mol. The van der Waals surface area contributed by atoms with Crippen LogP contribution < -0.4 is 5.32 Å². The maximum Gasteiger partial charge on any atom is 0.266 e. The minimum Gasteiger partial charge on any atom is -0.339 e. The lowest BCUT2D eigenvalue weighted by Crippen LogP contribution is -2.30. The first-order valence-corrected chi connectivity index (χ1v) is 9.55. The smallest absolute Gasteiger partial charge is 0.266 e. The summed E-state index contributed by atoms with van der Waals surface area (Å²) < 4.78 is 1.11. The molecule has 0 saturated carbocycles. The molecule has 0 aliphatic carbocycles. The molecular weight excluding hydrogens is 344 g/mol. The number of anilines is 1. The molecule has 0 saturated heterocycles. The van der Waals surface area contributed by atoms with Crippen LogP contribution in [0.1, 0.15) is 39.4 Å². The second-order valence-corrected chi connectivity index (χ2v) is 7.11. The van der Waals surface area contributed by atoms with Crippen LogP contribution in [0.2, 0.25) is 0 Å². The molecule has 0 atom stereocenters. The Morgan fingerprint density at radius 1 is 1.00 bits per heavy atom. The lowest BCUT2D eigenvalue weighted by atomic mass is 10.1. The van der Waals surface area contributed by atoms with Crippen molar-refractivity contribution in [1.29, 1.82) is 0 Å². The number of nitrogens with zero attached hydrogens (tertiary/aromatic N) is 1. The summed E-state index contributed by atoms with van der Waals surface area (Å²) in [7, 11) is 0. The normalized spacial score (nSPS) is 10.7. The summed E-state index contributed by atoms with van der Waals surface area (Å²) in [6.45, 7) is 7.25. The molecule has 0 unspecified atom stereocenters. The fourth-order valence-corrected chi connectivity index (χ4v) is 4.07. The second kappa shape index (κ2) is 7.70. The summed E-state index contributed by atoms with van der Waals surface area (Å²) in [5, 5.41) is 4.04. The van der Waals surface area contributed by atoms with Crippen LogP contribution in [0.25, 0.3) is 10.1 Å². The van der Waals surface area contributed by atoms with Crippen LogP contribution in [0.5, 0.6) is 0 Å². The molecule has 1 N–H and O–H groups in total. The molecule has 0 aliphatic heterocycles. The van der Waals surface area contributed by atoms with Gasteiger partial charge in [-0.25, -0.2) is 0 Å². The van der Waals surface area contributed by atoms with E-state index in [0.717, 1.165) is 20.5 Å². The van der Waals surface area contributed by atoms with Crippen LogP contribution in [0, 0.1) is 6.92 Å². The van der Waals surface area contributed by atoms with Crippen LogP contribution in [-0.2, 0) is 0 Å². The Labute approximate surface area is 157 Å². The largest absolute Gasteiger partial charge is 0.339 e. The molecule has 134 valence electrons. The Kier molecular flexibility index (Phi) is 5.38. The molecule has 1 heterocycles. The average molecular weight is 366 g/mol. The van der Waals surface area contributed by atoms with Crippen LogP contribution in [0.3, 0.4) is 0 Å². The molecule has 0 bridgehead atoms. The number of rotatable bonds is 5. The summed E-state index contributed by atoms with van der Waals surface area (Å²) in [5.74, 6) is -0.111. The van der Waals surface area contributed by atoms with Crippen molar-refractivity contribution in [3.8, 4) is 0 Å². The van der Waals surface area contributed by atoms with E-state index in [9.17, 15) is 9.59 Å². The molecule has 4 nitrogen and oxygen atoms in total. The number of nitrogens with one attached hydrogen (secondary N) is 1. The van der Waals surface area contributed by atoms with Gasteiger partial charge in [0.25, 0.3) is 11.8 Å². The predicted octanol–water partition coefficient (Wildman–Crippen LogP) is 4.94. The maximum absolute atomic E-state index is 12.6. The molecule has 0 radical (unpaired) electrons. The van der Waals surface area contributed by atoms with Crippen molar-refractivity contribution in [3.63, 3.8) is 0 Å². The van der Waals surface area contributed by atoms with E-state index in [1.54, 1.807) is 29.2 Å². The number of hydrogen-bond acceptors (Lipinski definition) is 3. The minimum atomic E-state index is -0.119. The molecule has 2 amide bonds. The number of aryl methyl sites for hydroxylation is 1. The Bertz CT molecular complexity index is 940. The van der Waals surface area contributed by atoms with Gasteiger partial charge < -0.3 is 10.2 Å². The van der Waals surface area contributed by atoms with E-state index in [1.807, 2.05) is 45.0 Å². The molecule has 2 aromatic carbocycles. The highest BCUT2D eigenvalue weighted by Gasteiger charge is 2.16. The number of carbonyl (C=O) groups excluding carboxylic acids is 2. The average Bonchev–Trinajstić information content (AvgIpc) is 3.00. The SMILES string of the molecule is CCN(CC)C(=O)c1ccc(NC(=O)c2sc3ccccc3c2C)cc1. The predicted molar refractivity (Wildman–Crippen MR) is 108 cm³/mol. The first-order chi connectivity index (χ1) is 12.5. The van der Waals surface area contributed by atoms with Crippen LogP contribution in [0.4, 0.5) is 5.69 Å². The fourth-order valence-electron chi connectivity index (χ4n) is 2.97. The topological polar surface area (TPSA) is 49.4 Å². The zero-order chi connectivity index (χ0) is 18.7. The third kappa shape index (κ3) is 3.48. The van der Waals surface area contributed by atoms with Crippen molar-refractivity contribution in [3.05, 3.63) is 64.5 Å². The lowest BCUT2D eigenvalue weighted by molar-refractivity contribution is 0.0773. The van der Waals surface area contributed by atoms with Gasteiger partial charge in [0, 0.05) is 29.0 Å². The molecule has 0 fully saturated rings. The molecule has 3 aromatic rings. The third-order valence-corrected chi connectivity index (χ3v) is 5.76. The molecule has 1 aromatic heterocycles. The number of hydrogen-bond donors (Lipinski definition) is 1. The Hall–Kier alpha value is -2.66. The van der Waals surface area contributed by atoms with E-state index in [0.29, 0.717) is 24.3 Å². The van der Waals surface area contributed by atoms with Crippen molar-refractivity contribution in [2.24, 2.45) is 0 Å². The van der Waals surface area contributed by atoms with Gasteiger partial charge in [-0.05, 0) is 62.1 Å². The van der Waals surface area contributed by atoms with E-state index in [-0.39, 0.29) is 11.8 Å². The standard InChI is InChI=1S/C21H22N2O2S/c1-4-23(5-2)21(25)15-10-12-16(13-11-15)22-20(24)19-14(3)17-8-6-7-9-18(17)26-19/h6-13H,4-5H2,1-3H3,(H,22,24). The summed E-state index contributed by atoms with van der Waals surface area (Å²) in [5.41, 5.74) is 2.31. The minimum absolute atomic E-state index is 0.00762. The van der Waals surface area contributed by atoms with Gasteiger partial charge in [0.2, 0.25) is 0 Å². The number of amides is 2. The van der Waals surface area contributed by atoms with Crippen LogP contribution in [-0.4, -0.2) is 29.8 Å². The van der Waals surface area contributed by atoms with Gasteiger partial charge in [0.05, 0.1) is 4.88 Å². The number of carbonyl (C=O) groups is 2. The van der Waals surface area contributed by atoms with Crippen LogP contribution >= 0.6 is 11.3 Å². The van der Waals surface area contributed by atoms with Gasteiger partial charge in [0.15, 0.2) is 0 Å². The molecule has 0 aliphatic rings. The Morgan fingerprint density at radius 3 is 2.27 bits per heavy atom. The summed E-state index contributed by atoms with van der Waals surface area (Å²) >= 11 is 1.50. The molecule has 3 rings (SSSR count). The Morgan fingerprint density at radius 2 is 1.65 bits per heavy atom. The first-order valence-electron chi connectivity index (χ1n) is 8.74. The summed E-state index contributed by atoms with van der Waals surface area (Å²) in [6, 6.07) is 15.1. The Balaban J connectivity index is 1.77. The highest BCUT2D eigenvalue weighted by Crippen LogP contribution is 2.31. The van der Waals surface area contributed by atoms with Gasteiger partial charge in [-0.2, -0.15) is 0 Å². The summed E-state index contributed by atoms with van der Waals surface area (Å²) in [6.07, 6.45) is 0. The molecular formula is C21H22N2O2S. The van der Waals surface area contributed by atoms with Crippen molar-refractivity contribution in [1.82, 2.24) is 4.90 Å². The zero-order valence-electron chi connectivity index (χ0n) is 15.2. The maximum atomic E-state index is 12.6. The zero-order valence-corrected chi connectivity index (χ0v) is 16.0. The van der Waals surface area contributed by atoms with Crippen molar-refractivity contribution < 1.29 is 9.59 Å². The third-order valence-electron chi connectivity index (χ3n) is 4.49. The van der Waals surface area contributed by atoms with Gasteiger partial charge >= 0.3 is 0 Å². The quantitative estimate of drug-likeness (QED) is 0.695. The summed E-state index contributed by atoms with van der Waals surface area (Å²) in [4.78, 5) is 27.5. The van der Waals surface area contributed by atoms with Crippen LogP contribution in [0.15, 0.2) is 48.5 Å². The first kappa shape index (κ1) is 18.1. The fraction of sp³-hybridized carbons (Fsp3) is 0.238. The van der Waals surface area contributed by atoms with E-state index in [4.69, 9.17) is 0 Å². The molecule has 26 heavy (non-hydrogen) atoms. The van der Waals surface area contributed by atoms with Crippen molar-refractivity contribution in [2.75, 3.05) is 18.4 Å². The number of fused-ring (bicyclic) bond motifs is 1. The second-order valence-electron chi connectivity index (χ2n) is 6.06. The van der Waals surface area contributed by atoms with Gasteiger partial charge in [-0.15, -0.1) is 11.3 Å². The van der Waals surface area contributed by atoms with Crippen molar-refractivity contribution in [2.45, 2.75) is 20.8 Å². The van der Waals surface area contributed by atoms with Gasteiger partial charge in [-0.3, -0.25) is 9.59 Å². The van der Waals surface area contributed by atoms with Gasteiger partial charge in [0.1, 0.15) is 0 Å². The molecule has 5 heteroatoms. The van der Waals surface area contributed by atoms with E-state index >= 15 is 0 Å². The van der Waals surface area contributed by atoms with E-state index in [2.05, 4.69) is 5.32 Å². The van der Waals surface area contributed by atoms with E-state index < -0.39 is 0 Å². The lowest BCUT2D eigenvalue weighted by Gasteiger charge is -2.18. The van der Waals surface area contributed by atoms with Crippen molar-refractivity contribution >= 4 is 38.9 Å². The van der Waals surface area contributed by atoms with E-state index in [1.165, 1.54) is 11.3 Å². The number of thiophene rings is 1. The molecule has 0 spiro atoms. The van der Waals surface area contributed by atoms with Gasteiger partial charge in [-0.1, -0.05) is 18.2 Å². The number of benzene rings is 2. The highest BCUT2D eigenvalue weighted by atomic mass is 32.1. The highest BCUT2D eigenvalue weighted by molar-refractivity contribution is 7.21.